The number of nitrogens with one attached hydrogen (secondary N) is 3. The molecule has 28 heavy (non-hydrogen) atoms. The van der Waals surface area contributed by atoms with E-state index in [9.17, 15) is 9.59 Å². The number of nitrogens with two attached hydrogens (primary N) is 1. The minimum Gasteiger partial charge on any atom is -0.397 e. The fraction of sp³-hybridized carbons (Fsp3) is 0.368. The maximum absolute atomic E-state index is 12.8. The Morgan fingerprint density at radius 1 is 1.29 bits per heavy atom. The predicted molar refractivity (Wildman–Crippen MR) is 119 cm³/mol. The van der Waals surface area contributed by atoms with E-state index in [0.717, 1.165) is 21.4 Å². The van der Waals surface area contributed by atoms with Crippen LogP contribution in [0, 0.1) is 6.92 Å². The molecule has 0 atom stereocenters. The van der Waals surface area contributed by atoms with Gasteiger partial charge in [0.2, 0.25) is 0 Å². The summed E-state index contributed by atoms with van der Waals surface area (Å²) in [5.74, 6) is -0.709. The van der Waals surface area contributed by atoms with Crippen molar-refractivity contribution in [3.63, 3.8) is 0 Å². The Morgan fingerprint density at radius 3 is 2.61 bits per heavy atom. The molecule has 1 heterocycles. The first-order chi connectivity index (χ1) is 13.2. The number of amides is 2. The van der Waals surface area contributed by atoms with Crippen LogP contribution in [0.25, 0.3) is 0 Å². The van der Waals surface area contributed by atoms with Crippen molar-refractivity contribution in [2.24, 2.45) is 0 Å². The molecule has 0 radical (unpaired) electrons. The fourth-order valence-corrected chi connectivity index (χ4v) is 4.21. The minimum absolute atomic E-state index is 0.0747. The number of thiophene rings is 1. The maximum Gasteiger partial charge on any atom is 0.267 e. The monoisotopic (exact) mass is 468 g/mol. The standard InChI is InChI=1S/C19H25BrN4O3S/c1-10(2)23-19-14(17(25)22-7-8-27-4)15(21)16(28-19)18(26)24-13-6-5-11(3)9-12(13)20/h5-6,9-10,23H,7-8,21H2,1-4H3,(H,22,25)(H,24,26). The highest BCUT2D eigenvalue weighted by Gasteiger charge is 2.26. The molecule has 0 aliphatic carbocycles. The summed E-state index contributed by atoms with van der Waals surface area (Å²) in [7, 11) is 1.56. The summed E-state index contributed by atoms with van der Waals surface area (Å²) in [5, 5.41) is 9.37. The third-order valence-electron chi connectivity index (χ3n) is 3.76. The van der Waals surface area contributed by atoms with Crippen LogP contribution in [0.1, 0.15) is 39.4 Å². The Labute approximate surface area is 177 Å². The van der Waals surface area contributed by atoms with Gasteiger partial charge in [0.05, 0.1) is 23.5 Å². The number of carbonyl (C=O) groups is 2. The van der Waals surface area contributed by atoms with Crippen molar-refractivity contribution in [2.45, 2.75) is 26.8 Å². The van der Waals surface area contributed by atoms with Crippen LogP contribution in [0.5, 0.6) is 0 Å². The summed E-state index contributed by atoms with van der Waals surface area (Å²) >= 11 is 4.61. The van der Waals surface area contributed by atoms with E-state index in [0.29, 0.717) is 23.8 Å². The summed E-state index contributed by atoms with van der Waals surface area (Å²) in [6.45, 7) is 6.60. The van der Waals surface area contributed by atoms with Gasteiger partial charge >= 0.3 is 0 Å². The highest BCUT2D eigenvalue weighted by molar-refractivity contribution is 9.10. The second-order valence-electron chi connectivity index (χ2n) is 6.53. The first-order valence-corrected chi connectivity index (χ1v) is 10.4. The number of aryl methyl sites for hydroxylation is 1. The molecule has 0 aliphatic heterocycles. The molecule has 2 rings (SSSR count). The van der Waals surface area contributed by atoms with Gasteiger partial charge < -0.3 is 26.4 Å². The fourth-order valence-electron chi connectivity index (χ4n) is 2.46. The van der Waals surface area contributed by atoms with E-state index in [2.05, 4.69) is 31.9 Å². The first kappa shape index (κ1) is 22.2. The zero-order valence-corrected chi connectivity index (χ0v) is 18.7. The van der Waals surface area contributed by atoms with Gasteiger partial charge in [-0.2, -0.15) is 0 Å². The number of nitrogen functional groups attached to an aromatic ring is 1. The molecule has 152 valence electrons. The Bertz CT molecular complexity index is 867. The van der Waals surface area contributed by atoms with Crippen LogP contribution in [0.2, 0.25) is 0 Å². The van der Waals surface area contributed by atoms with Crippen LogP contribution in [-0.4, -0.2) is 38.1 Å². The largest absolute Gasteiger partial charge is 0.397 e. The van der Waals surface area contributed by atoms with E-state index in [1.165, 1.54) is 0 Å². The minimum atomic E-state index is -0.366. The van der Waals surface area contributed by atoms with E-state index in [1.54, 1.807) is 7.11 Å². The van der Waals surface area contributed by atoms with Gasteiger partial charge in [0, 0.05) is 24.2 Å². The number of ether oxygens (including phenoxy) is 1. The molecular weight excluding hydrogens is 444 g/mol. The van der Waals surface area contributed by atoms with Gasteiger partial charge in [-0.1, -0.05) is 6.07 Å². The molecule has 9 heteroatoms. The SMILES string of the molecule is COCCNC(=O)c1c(NC(C)C)sc(C(=O)Nc2ccc(C)cc2Br)c1N. The number of methoxy groups -OCH3 is 1. The first-order valence-electron chi connectivity index (χ1n) is 8.78. The molecule has 2 amide bonds. The second kappa shape index (κ2) is 9.90. The lowest BCUT2D eigenvalue weighted by atomic mass is 10.2. The van der Waals surface area contributed by atoms with Crippen molar-refractivity contribution in [1.82, 2.24) is 5.32 Å². The third-order valence-corrected chi connectivity index (χ3v) is 5.55. The topological polar surface area (TPSA) is 105 Å². The van der Waals surface area contributed by atoms with E-state index in [-0.39, 0.29) is 34.0 Å². The number of hydrogen-bond acceptors (Lipinski definition) is 6. The van der Waals surface area contributed by atoms with Gasteiger partial charge in [0.1, 0.15) is 9.88 Å². The number of anilines is 3. The van der Waals surface area contributed by atoms with Crippen LogP contribution in [0.3, 0.4) is 0 Å². The van der Waals surface area contributed by atoms with Gasteiger partial charge in [-0.25, -0.2) is 0 Å². The molecule has 0 saturated heterocycles. The summed E-state index contributed by atoms with van der Waals surface area (Å²) in [5.41, 5.74) is 8.35. The molecule has 1 aromatic heterocycles. The Kier molecular flexibility index (Phi) is 7.85. The lowest BCUT2D eigenvalue weighted by molar-refractivity contribution is 0.0939. The molecule has 0 aliphatic rings. The van der Waals surface area contributed by atoms with Crippen LogP contribution in [-0.2, 0) is 4.74 Å². The van der Waals surface area contributed by atoms with E-state index < -0.39 is 0 Å². The molecule has 5 N–H and O–H groups in total. The third kappa shape index (κ3) is 5.46. The van der Waals surface area contributed by atoms with E-state index in [1.807, 2.05) is 39.0 Å². The quantitative estimate of drug-likeness (QED) is 0.440. The number of hydrogen-bond donors (Lipinski definition) is 4. The van der Waals surface area contributed by atoms with Crippen LogP contribution < -0.4 is 21.7 Å². The Hall–Kier alpha value is -2.10. The molecule has 0 spiro atoms. The van der Waals surface area contributed by atoms with Crippen molar-refractivity contribution in [1.29, 1.82) is 0 Å². The van der Waals surface area contributed by atoms with Crippen LogP contribution in [0.4, 0.5) is 16.4 Å². The molecule has 7 nitrogen and oxygen atoms in total. The number of rotatable bonds is 8. The second-order valence-corrected chi connectivity index (χ2v) is 8.41. The van der Waals surface area contributed by atoms with Crippen molar-refractivity contribution >= 4 is 55.5 Å². The smallest absolute Gasteiger partial charge is 0.267 e. The molecule has 2 aromatic rings. The molecule has 1 aromatic carbocycles. The Balaban J connectivity index is 2.32. The lowest BCUT2D eigenvalue weighted by Crippen LogP contribution is -2.28. The summed E-state index contributed by atoms with van der Waals surface area (Å²) in [4.78, 5) is 25.7. The number of benzene rings is 1. The average molecular weight is 469 g/mol. The number of carbonyl (C=O) groups excluding carboxylic acids is 2. The van der Waals surface area contributed by atoms with Crippen molar-refractivity contribution in [2.75, 3.05) is 36.6 Å². The van der Waals surface area contributed by atoms with Crippen LogP contribution in [0.15, 0.2) is 22.7 Å². The summed E-state index contributed by atoms with van der Waals surface area (Å²) in [6, 6.07) is 5.70. The van der Waals surface area contributed by atoms with Crippen molar-refractivity contribution in [3.8, 4) is 0 Å². The van der Waals surface area contributed by atoms with Gasteiger partial charge in [0.25, 0.3) is 11.8 Å². The summed E-state index contributed by atoms with van der Waals surface area (Å²) in [6.07, 6.45) is 0. The predicted octanol–water partition coefficient (Wildman–Crippen LogP) is 3.85. The average Bonchev–Trinajstić information content (AvgIpc) is 2.93. The molecular formula is C19H25BrN4O3S. The normalized spacial score (nSPS) is 10.8. The van der Waals surface area contributed by atoms with Gasteiger partial charge in [-0.15, -0.1) is 11.3 Å². The van der Waals surface area contributed by atoms with Crippen molar-refractivity contribution < 1.29 is 14.3 Å². The van der Waals surface area contributed by atoms with E-state index >= 15 is 0 Å². The molecule has 0 fully saturated rings. The summed E-state index contributed by atoms with van der Waals surface area (Å²) < 4.78 is 5.73. The lowest BCUT2D eigenvalue weighted by Gasteiger charge is -2.11. The number of halogens is 1. The van der Waals surface area contributed by atoms with Gasteiger partial charge in [-0.05, 0) is 54.4 Å². The molecule has 0 unspecified atom stereocenters. The highest BCUT2D eigenvalue weighted by atomic mass is 79.9. The van der Waals surface area contributed by atoms with Gasteiger partial charge in [0.15, 0.2) is 0 Å². The molecule has 0 bridgehead atoms. The zero-order valence-electron chi connectivity index (χ0n) is 16.3. The highest BCUT2D eigenvalue weighted by Crippen LogP contribution is 2.37. The zero-order chi connectivity index (χ0) is 20.8. The maximum atomic E-state index is 12.8. The van der Waals surface area contributed by atoms with Crippen molar-refractivity contribution in [3.05, 3.63) is 38.7 Å². The van der Waals surface area contributed by atoms with E-state index in [4.69, 9.17) is 10.5 Å². The molecule has 0 saturated carbocycles. The van der Waals surface area contributed by atoms with Gasteiger partial charge in [-0.3, -0.25) is 9.59 Å². The Morgan fingerprint density at radius 2 is 2.00 bits per heavy atom. The van der Waals surface area contributed by atoms with Crippen LogP contribution >= 0.6 is 27.3 Å².